The van der Waals surface area contributed by atoms with E-state index in [1.807, 2.05) is 13.8 Å². The van der Waals surface area contributed by atoms with E-state index in [9.17, 15) is 19.4 Å². The lowest BCUT2D eigenvalue weighted by molar-refractivity contribution is -0.0282. The molecule has 20 heavy (non-hydrogen) atoms. The summed E-state index contributed by atoms with van der Waals surface area (Å²) < 4.78 is 13.8. The summed E-state index contributed by atoms with van der Waals surface area (Å²) in [7, 11) is 0. The van der Waals surface area contributed by atoms with Gasteiger partial charge in [-0.1, -0.05) is 18.2 Å². The van der Waals surface area contributed by atoms with Crippen LogP contribution in [0.3, 0.4) is 0 Å². The second-order valence-corrected chi connectivity index (χ2v) is 5.89. The van der Waals surface area contributed by atoms with E-state index in [1.165, 1.54) is 17.0 Å². The standard InChI is InChI=1S/C15H20FNO3/c1-15(2)9-5-8-12(17(15)14(19)20)13(18)10-6-3-4-7-11(10)16/h3-4,6-7,12-13,18H,5,8-9H2,1-2H3,(H,19,20)/t12-,13+/m0/s1. The van der Waals surface area contributed by atoms with Crippen LogP contribution in [0.1, 0.15) is 44.8 Å². The molecule has 4 nitrogen and oxygen atoms in total. The average Bonchev–Trinajstić information content (AvgIpc) is 2.36. The van der Waals surface area contributed by atoms with Crippen LogP contribution in [-0.2, 0) is 0 Å². The Kier molecular flexibility index (Phi) is 3.99. The molecule has 0 aromatic heterocycles. The van der Waals surface area contributed by atoms with Crippen molar-refractivity contribution in [2.75, 3.05) is 0 Å². The summed E-state index contributed by atoms with van der Waals surface area (Å²) >= 11 is 0. The highest BCUT2D eigenvalue weighted by Gasteiger charge is 2.43. The van der Waals surface area contributed by atoms with Gasteiger partial charge in [-0.2, -0.15) is 0 Å². The van der Waals surface area contributed by atoms with Gasteiger partial charge in [0.05, 0.1) is 6.04 Å². The Morgan fingerprint density at radius 1 is 1.45 bits per heavy atom. The fourth-order valence-electron chi connectivity index (χ4n) is 3.06. The number of piperidine rings is 1. The molecule has 1 aromatic carbocycles. The Balaban J connectivity index is 2.34. The van der Waals surface area contributed by atoms with Gasteiger partial charge in [-0.05, 0) is 39.2 Å². The van der Waals surface area contributed by atoms with Gasteiger partial charge in [0.1, 0.15) is 11.9 Å². The Bertz CT molecular complexity index is 504. The number of hydrogen-bond acceptors (Lipinski definition) is 2. The third kappa shape index (κ3) is 2.63. The zero-order chi connectivity index (χ0) is 14.9. The van der Waals surface area contributed by atoms with Crippen LogP contribution < -0.4 is 0 Å². The van der Waals surface area contributed by atoms with Crippen molar-refractivity contribution in [1.29, 1.82) is 0 Å². The van der Waals surface area contributed by atoms with Crippen molar-refractivity contribution in [3.05, 3.63) is 35.6 Å². The number of aliphatic hydroxyl groups excluding tert-OH is 1. The van der Waals surface area contributed by atoms with Crippen molar-refractivity contribution in [2.24, 2.45) is 0 Å². The van der Waals surface area contributed by atoms with Crippen molar-refractivity contribution in [3.8, 4) is 0 Å². The SMILES string of the molecule is CC1(C)CCC[C@@H]([C@H](O)c2ccccc2F)N1C(=O)O. The molecule has 1 aromatic rings. The third-order valence-electron chi connectivity index (χ3n) is 4.07. The van der Waals surface area contributed by atoms with Crippen LogP contribution in [0.2, 0.25) is 0 Å². The molecule has 2 N–H and O–H groups in total. The minimum atomic E-state index is -1.15. The maximum Gasteiger partial charge on any atom is 0.408 e. The number of rotatable bonds is 2. The van der Waals surface area contributed by atoms with Crippen LogP contribution in [0.4, 0.5) is 9.18 Å². The van der Waals surface area contributed by atoms with E-state index in [-0.39, 0.29) is 5.56 Å². The van der Waals surface area contributed by atoms with E-state index in [2.05, 4.69) is 0 Å². The van der Waals surface area contributed by atoms with E-state index >= 15 is 0 Å². The lowest BCUT2D eigenvalue weighted by Gasteiger charge is -2.47. The van der Waals surface area contributed by atoms with Crippen LogP contribution in [0.5, 0.6) is 0 Å². The first kappa shape index (κ1) is 14.8. The highest BCUT2D eigenvalue weighted by molar-refractivity contribution is 5.67. The number of likely N-dealkylation sites (tertiary alicyclic amines) is 1. The first-order chi connectivity index (χ1) is 9.34. The van der Waals surface area contributed by atoms with Crippen LogP contribution >= 0.6 is 0 Å². The molecule has 0 spiro atoms. The molecule has 2 rings (SSSR count). The number of carbonyl (C=O) groups is 1. The average molecular weight is 281 g/mol. The fourth-order valence-corrected chi connectivity index (χ4v) is 3.06. The summed E-state index contributed by atoms with van der Waals surface area (Å²) in [5.41, 5.74) is -0.400. The molecule has 2 atom stereocenters. The highest BCUT2D eigenvalue weighted by atomic mass is 19.1. The normalized spacial score (nSPS) is 23.4. The molecule has 1 aliphatic rings. The predicted molar refractivity (Wildman–Crippen MR) is 72.9 cm³/mol. The molecule has 0 saturated carbocycles. The monoisotopic (exact) mass is 281 g/mol. The van der Waals surface area contributed by atoms with E-state index in [0.29, 0.717) is 6.42 Å². The zero-order valence-electron chi connectivity index (χ0n) is 11.7. The summed E-state index contributed by atoms with van der Waals surface area (Å²) in [6.07, 6.45) is -0.139. The first-order valence-corrected chi connectivity index (χ1v) is 6.79. The molecule has 1 amide bonds. The molecule has 1 saturated heterocycles. The van der Waals surface area contributed by atoms with Crippen molar-refractivity contribution in [3.63, 3.8) is 0 Å². The molecular weight excluding hydrogens is 261 g/mol. The molecule has 110 valence electrons. The topological polar surface area (TPSA) is 60.8 Å². The second-order valence-electron chi connectivity index (χ2n) is 5.89. The van der Waals surface area contributed by atoms with E-state index in [1.54, 1.807) is 12.1 Å². The molecule has 0 radical (unpaired) electrons. The largest absolute Gasteiger partial charge is 0.465 e. The van der Waals surface area contributed by atoms with Crippen LogP contribution in [-0.4, -0.2) is 32.8 Å². The highest BCUT2D eigenvalue weighted by Crippen LogP contribution is 2.37. The summed E-state index contributed by atoms with van der Waals surface area (Å²) in [5, 5.41) is 19.9. The van der Waals surface area contributed by atoms with Crippen molar-refractivity contribution in [1.82, 2.24) is 4.90 Å². The van der Waals surface area contributed by atoms with Crippen molar-refractivity contribution >= 4 is 6.09 Å². The van der Waals surface area contributed by atoms with Crippen molar-refractivity contribution < 1.29 is 19.4 Å². The molecule has 1 heterocycles. The minimum Gasteiger partial charge on any atom is -0.465 e. The number of aliphatic hydroxyl groups is 1. The fraction of sp³-hybridized carbons (Fsp3) is 0.533. The maximum absolute atomic E-state index is 13.8. The summed E-state index contributed by atoms with van der Waals surface area (Å²) in [4.78, 5) is 12.8. The van der Waals surface area contributed by atoms with Gasteiger partial charge >= 0.3 is 6.09 Å². The second kappa shape index (κ2) is 5.40. The Hall–Kier alpha value is -1.62. The number of nitrogens with zero attached hydrogens (tertiary/aromatic N) is 1. The molecule has 1 aliphatic heterocycles. The molecule has 1 fully saturated rings. The molecule has 0 aliphatic carbocycles. The molecule has 0 bridgehead atoms. The summed E-state index contributed by atoms with van der Waals surface area (Å²) in [5.74, 6) is -0.506. The summed E-state index contributed by atoms with van der Waals surface area (Å²) in [6, 6.07) is 5.35. The van der Waals surface area contributed by atoms with Gasteiger partial charge in [0.25, 0.3) is 0 Å². The van der Waals surface area contributed by atoms with Crippen LogP contribution in [0, 0.1) is 5.82 Å². The molecule has 5 heteroatoms. The van der Waals surface area contributed by atoms with Gasteiger partial charge in [-0.25, -0.2) is 9.18 Å². The lowest BCUT2D eigenvalue weighted by Crippen LogP contribution is -2.57. The number of hydrogen-bond donors (Lipinski definition) is 2. The van der Waals surface area contributed by atoms with Crippen LogP contribution in [0.25, 0.3) is 0 Å². The van der Waals surface area contributed by atoms with E-state index in [0.717, 1.165) is 12.8 Å². The maximum atomic E-state index is 13.8. The van der Waals surface area contributed by atoms with Crippen LogP contribution in [0.15, 0.2) is 24.3 Å². The van der Waals surface area contributed by atoms with Gasteiger partial charge in [-0.3, -0.25) is 4.90 Å². The lowest BCUT2D eigenvalue weighted by atomic mass is 9.83. The number of benzene rings is 1. The Labute approximate surface area is 117 Å². The molecular formula is C15H20FNO3. The minimum absolute atomic E-state index is 0.154. The summed E-state index contributed by atoms with van der Waals surface area (Å²) in [6.45, 7) is 3.67. The van der Waals surface area contributed by atoms with Gasteiger partial charge in [0.15, 0.2) is 0 Å². The van der Waals surface area contributed by atoms with Gasteiger partial charge in [-0.15, -0.1) is 0 Å². The number of carboxylic acid groups (broad SMARTS) is 1. The first-order valence-electron chi connectivity index (χ1n) is 6.79. The third-order valence-corrected chi connectivity index (χ3v) is 4.07. The zero-order valence-corrected chi connectivity index (χ0v) is 11.7. The van der Waals surface area contributed by atoms with Gasteiger partial charge < -0.3 is 10.2 Å². The molecule has 0 unspecified atom stereocenters. The number of halogens is 1. The quantitative estimate of drug-likeness (QED) is 0.875. The van der Waals surface area contributed by atoms with Gasteiger partial charge in [0.2, 0.25) is 0 Å². The smallest absolute Gasteiger partial charge is 0.408 e. The Morgan fingerprint density at radius 2 is 2.10 bits per heavy atom. The van der Waals surface area contributed by atoms with Crippen molar-refractivity contribution in [2.45, 2.75) is 50.8 Å². The Morgan fingerprint density at radius 3 is 2.70 bits per heavy atom. The van der Waals surface area contributed by atoms with E-state index in [4.69, 9.17) is 0 Å². The van der Waals surface area contributed by atoms with E-state index < -0.39 is 29.6 Å². The predicted octanol–water partition coefficient (Wildman–Crippen LogP) is 3.17. The van der Waals surface area contributed by atoms with Gasteiger partial charge in [0, 0.05) is 11.1 Å². The number of amides is 1.